The molecule has 0 saturated carbocycles. The molecule has 106 valence electrons. The summed E-state index contributed by atoms with van der Waals surface area (Å²) in [7, 11) is 1.99. The topological polar surface area (TPSA) is 47.4 Å². The molecule has 1 fully saturated rings. The van der Waals surface area contributed by atoms with E-state index < -0.39 is 0 Å². The van der Waals surface area contributed by atoms with Crippen molar-refractivity contribution in [2.45, 2.75) is 13.0 Å². The quantitative estimate of drug-likeness (QED) is 0.850. The number of hydrogen-bond acceptors (Lipinski definition) is 4. The first kappa shape index (κ1) is 13.3. The molecule has 0 unspecified atom stereocenters. The molecular formula is C14H17N3O2S. The fourth-order valence-corrected chi connectivity index (χ4v) is 3.31. The van der Waals surface area contributed by atoms with Crippen LogP contribution in [0.15, 0.2) is 23.8 Å². The summed E-state index contributed by atoms with van der Waals surface area (Å²) < 4.78 is 7.61. The van der Waals surface area contributed by atoms with Crippen molar-refractivity contribution < 1.29 is 9.53 Å². The van der Waals surface area contributed by atoms with Crippen molar-refractivity contribution in [2.75, 3.05) is 19.8 Å². The molecule has 5 nitrogen and oxygen atoms in total. The second kappa shape index (κ2) is 5.38. The lowest BCUT2D eigenvalue weighted by Gasteiger charge is -2.35. The number of ether oxygens (including phenoxy) is 1. The highest BCUT2D eigenvalue weighted by atomic mass is 32.1. The molecule has 1 saturated heterocycles. The lowest BCUT2D eigenvalue weighted by molar-refractivity contribution is -0.00442. The maximum atomic E-state index is 12.7. The maximum Gasteiger partial charge on any atom is 0.266 e. The van der Waals surface area contributed by atoms with Crippen molar-refractivity contribution in [3.63, 3.8) is 0 Å². The summed E-state index contributed by atoms with van der Waals surface area (Å²) in [6.45, 7) is 3.62. The summed E-state index contributed by atoms with van der Waals surface area (Å²) in [5, 5.41) is 0. The van der Waals surface area contributed by atoms with Gasteiger partial charge >= 0.3 is 0 Å². The van der Waals surface area contributed by atoms with Gasteiger partial charge in [0.2, 0.25) is 0 Å². The van der Waals surface area contributed by atoms with Crippen molar-refractivity contribution in [2.24, 2.45) is 7.05 Å². The van der Waals surface area contributed by atoms with Crippen LogP contribution in [-0.4, -0.2) is 40.1 Å². The van der Waals surface area contributed by atoms with Crippen LogP contribution in [0.25, 0.3) is 0 Å². The predicted octanol–water partition coefficient (Wildman–Crippen LogP) is 2.00. The van der Waals surface area contributed by atoms with Crippen LogP contribution in [0.4, 0.5) is 0 Å². The molecule has 0 spiro atoms. The van der Waals surface area contributed by atoms with Gasteiger partial charge in [-0.15, -0.1) is 11.3 Å². The number of morpholine rings is 1. The Morgan fingerprint density at radius 1 is 1.55 bits per heavy atom. The Morgan fingerprint density at radius 2 is 2.40 bits per heavy atom. The Kier molecular flexibility index (Phi) is 3.58. The molecule has 1 amide bonds. The van der Waals surface area contributed by atoms with Crippen LogP contribution in [0.3, 0.4) is 0 Å². The standard InChI is InChI=1S/C14H17N3O2S/c1-10-13(20-9-15-10)14(18)17-6-7-19-8-12(17)11-4-3-5-16(11)2/h3-5,9,12H,6-8H2,1-2H3/t12-/m0/s1. The number of hydrogen-bond donors (Lipinski definition) is 0. The summed E-state index contributed by atoms with van der Waals surface area (Å²) >= 11 is 1.40. The van der Waals surface area contributed by atoms with Gasteiger partial charge in [0.15, 0.2) is 0 Å². The molecule has 0 bridgehead atoms. The van der Waals surface area contributed by atoms with Gasteiger partial charge < -0.3 is 14.2 Å². The Balaban J connectivity index is 1.92. The average molecular weight is 291 g/mol. The molecule has 1 aliphatic heterocycles. The van der Waals surface area contributed by atoms with Crippen LogP contribution in [0, 0.1) is 6.92 Å². The maximum absolute atomic E-state index is 12.7. The number of aryl methyl sites for hydroxylation is 2. The molecule has 2 aromatic rings. The summed E-state index contributed by atoms with van der Waals surface area (Å²) in [5.41, 5.74) is 3.62. The fourth-order valence-electron chi connectivity index (χ4n) is 2.55. The van der Waals surface area contributed by atoms with Crippen LogP contribution in [-0.2, 0) is 11.8 Å². The third kappa shape index (κ3) is 2.25. The highest BCUT2D eigenvalue weighted by molar-refractivity contribution is 7.11. The van der Waals surface area contributed by atoms with Crippen molar-refractivity contribution in [3.05, 3.63) is 40.1 Å². The van der Waals surface area contributed by atoms with Gasteiger partial charge in [-0.05, 0) is 19.1 Å². The highest BCUT2D eigenvalue weighted by Gasteiger charge is 2.32. The minimum absolute atomic E-state index is 0.0299. The second-order valence-corrected chi connectivity index (χ2v) is 5.75. The third-order valence-corrected chi connectivity index (χ3v) is 4.57. The minimum Gasteiger partial charge on any atom is -0.377 e. The lowest BCUT2D eigenvalue weighted by atomic mass is 10.1. The van der Waals surface area contributed by atoms with Crippen molar-refractivity contribution in [1.82, 2.24) is 14.5 Å². The molecule has 1 atom stereocenters. The first-order chi connectivity index (χ1) is 9.68. The molecular weight excluding hydrogens is 274 g/mol. The summed E-state index contributed by atoms with van der Waals surface area (Å²) in [4.78, 5) is 19.5. The van der Waals surface area contributed by atoms with Crippen LogP contribution >= 0.6 is 11.3 Å². The van der Waals surface area contributed by atoms with E-state index in [1.165, 1.54) is 11.3 Å². The van der Waals surface area contributed by atoms with E-state index in [4.69, 9.17) is 4.74 Å². The minimum atomic E-state index is -0.0299. The third-order valence-electron chi connectivity index (χ3n) is 3.65. The van der Waals surface area contributed by atoms with Gasteiger partial charge in [-0.3, -0.25) is 4.79 Å². The molecule has 0 aromatic carbocycles. The van der Waals surface area contributed by atoms with Crippen molar-refractivity contribution >= 4 is 17.2 Å². The fraction of sp³-hybridized carbons (Fsp3) is 0.429. The zero-order valence-electron chi connectivity index (χ0n) is 11.6. The Morgan fingerprint density at radius 3 is 3.05 bits per heavy atom. The normalized spacial score (nSPS) is 19.3. The van der Waals surface area contributed by atoms with E-state index in [0.717, 1.165) is 16.3 Å². The SMILES string of the molecule is Cc1ncsc1C(=O)N1CCOC[C@H]1c1cccn1C. The number of carbonyl (C=O) groups is 1. The van der Waals surface area contributed by atoms with E-state index in [1.54, 1.807) is 5.51 Å². The monoisotopic (exact) mass is 291 g/mol. The smallest absolute Gasteiger partial charge is 0.266 e. The van der Waals surface area contributed by atoms with Crippen LogP contribution in [0.5, 0.6) is 0 Å². The van der Waals surface area contributed by atoms with Gasteiger partial charge in [0, 0.05) is 25.5 Å². The van der Waals surface area contributed by atoms with Gasteiger partial charge in [-0.1, -0.05) is 0 Å². The van der Waals surface area contributed by atoms with E-state index in [-0.39, 0.29) is 11.9 Å². The zero-order chi connectivity index (χ0) is 14.1. The molecule has 20 heavy (non-hydrogen) atoms. The number of thiazole rings is 1. The number of amides is 1. The molecule has 3 rings (SSSR count). The Labute approximate surface area is 121 Å². The second-order valence-electron chi connectivity index (χ2n) is 4.90. The molecule has 0 N–H and O–H groups in total. The largest absolute Gasteiger partial charge is 0.377 e. The summed E-state index contributed by atoms with van der Waals surface area (Å²) in [5.74, 6) is 0.0551. The predicted molar refractivity (Wildman–Crippen MR) is 76.9 cm³/mol. The van der Waals surface area contributed by atoms with E-state index in [0.29, 0.717) is 19.8 Å². The Bertz CT molecular complexity index is 619. The number of aromatic nitrogens is 2. The first-order valence-corrected chi connectivity index (χ1v) is 7.46. The van der Waals surface area contributed by atoms with E-state index in [9.17, 15) is 4.79 Å². The van der Waals surface area contributed by atoms with Crippen LogP contribution in [0.1, 0.15) is 27.1 Å². The number of nitrogens with zero attached hydrogens (tertiary/aromatic N) is 3. The van der Waals surface area contributed by atoms with Gasteiger partial charge in [0.25, 0.3) is 5.91 Å². The van der Waals surface area contributed by atoms with Gasteiger partial charge in [0.05, 0.1) is 30.5 Å². The van der Waals surface area contributed by atoms with Crippen molar-refractivity contribution in [1.29, 1.82) is 0 Å². The van der Waals surface area contributed by atoms with E-state index in [1.807, 2.05) is 41.8 Å². The van der Waals surface area contributed by atoms with Gasteiger partial charge in [-0.2, -0.15) is 0 Å². The Hall–Kier alpha value is -1.66. The highest BCUT2D eigenvalue weighted by Crippen LogP contribution is 2.27. The molecule has 6 heteroatoms. The molecule has 2 aromatic heterocycles. The number of carbonyl (C=O) groups excluding carboxylic acids is 1. The molecule has 3 heterocycles. The number of rotatable bonds is 2. The molecule has 1 aliphatic rings. The summed E-state index contributed by atoms with van der Waals surface area (Å²) in [6, 6.07) is 4.00. The van der Waals surface area contributed by atoms with Crippen LogP contribution < -0.4 is 0 Å². The average Bonchev–Trinajstić information content (AvgIpc) is 3.06. The zero-order valence-corrected chi connectivity index (χ0v) is 12.4. The van der Waals surface area contributed by atoms with Crippen LogP contribution in [0.2, 0.25) is 0 Å². The first-order valence-electron chi connectivity index (χ1n) is 6.58. The van der Waals surface area contributed by atoms with Crippen molar-refractivity contribution in [3.8, 4) is 0 Å². The molecule has 0 aliphatic carbocycles. The molecule has 0 radical (unpaired) electrons. The van der Waals surface area contributed by atoms with Gasteiger partial charge in [-0.25, -0.2) is 4.98 Å². The summed E-state index contributed by atoms with van der Waals surface area (Å²) in [6.07, 6.45) is 1.99. The van der Waals surface area contributed by atoms with E-state index in [2.05, 4.69) is 4.98 Å². The lowest BCUT2D eigenvalue weighted by Crippen LogP contribution is -2.44. The van der Waals surface area contributed by atoms with E-state index >= 15 is 0 Å². The van der Waals surface area contributed by atoms with Gasteiger partial charge in [0.1, 0.15) is 4.88 Å².